The summed E-state index contributed by atoms with van der Waals surface area (Å²) in [6, 6.07) is 9.43. The van der Waals surface area contributed by atoms with Gasteiger partial charge in [0, 0.05) is 23.6 Å². The van der Waals surface area contributed by atoms with Crippen LogP contribution < -0.4 is 16.2 Å². The van der Waals surface area contributed by atoms with Crippen LogP contribution in [0.25, 0.3) is 0 Å². The summed E-state index contributed by atoms with van der Waals surface area (Å²) in [5, 5.41) is 3.14. The molecule has 126 valence electrons. The zero-order valence-electron chi connectivity index (χ0n) is 12.7. The number of hydrogen-bond donors (Lipinski definition) is 3. The van der Waals surface area contributed by atoms with Crippen LogP contribution in [0.2, 0.25) is 5.02 Å². The van der Waals surface area contributed by atoms with Crippen molar-refractivity contribution in [2.24, 2.45) is 0 Å². The number of halogens is 1. The molecule has 0 aliphatic carbocycles. The molecule has 0 spiro atoms. The Morgan fingerprint density at radius 2 is 1.75 bits per heavy atom. The lowest BCUT2D eigenvalue weighted by molar-refractivity contribution is -0.121. The molecule has 24 heavy (non-hydrogen) atoms. The molecule has 0 unspecified atom stereocenters. The van der Waals surface area contributed by atoms with Crippen LogP contribution in [0.15, 0.2) is 47.1 Å². The van der Waals surface area contributed by atoms with Gasteiger partial charge in [-0.1, -0.05) is 11.6 Å². The van der Waals surface area contributed by atoms with Gasteiger partial charge in [0.25, 0.3) is 11.8 Å². The molecule has 0 bridgehead atoms. The number of rotatable bonds is 6. The Kier molecular flexibility index (Phi) is 6.39. The van der Waals surface area contributed by atoms with Crippen molar-refractivity contribution in [2.45, 2.75) is 12.8 Å². The van der Waals surface area contributed by atoms with E-state index in [1.807, 2.05) is 0 Å². The highest BCUT2D eigenvalue weighted by Gasteiger charge is 2.09. The number of hydrogen-bond acceptors (Lipinski definition) is 4. The summed E-state index contributed by atoms with van der Waals surface area (Å²) < 4.78 is 4.94. The summed E-state index contributed by atoms with van der Waals surface area (Å²) >= 11 is 5.73. The first-order valence-electron chi connectivity index (χ1n) is 7.22. The zero-order valence-corrected chi connectivity index (χ0v) is 13.4. The third-order valence-corrected chi connectivity index (χ3v) is 3.28. The molecule has 1 heterocycles. The summed E-state index contributed by atoms with van der Waals surface area (Å²) in [7, 11) is 0. The number of amides is 3. The molecule has 3 amide bonds. The molecule has 0 atom stereocenters. The Balaban J connectivity index is 1.62. The maximum atomic E-state index is 11.8. The summed E-state index contributed by atoms with van der Waals surface area (Å²) in [6.07, 6.45) is 1.99. The fraction of sp³-hybridized carbons (Fsp3) is 0.188. The van der Waals surface area contributed by atoms with Crippen LogP contribution >= 0.6 is 11.6 Å². The molecule has 0 fully saturated rings. The first kappa shape index (κ1) is 17.6. The maximum absolute atomic E-state index is 11.8. The highest BCUT2D eigenvalue weighted by molar-refractivity contribution is 6.30. The van der Waals surface area contributed by atoms with Gasteiger partial charge in [-0.05, 0) is 42.8 Å². The van der Waals surface area contributed by atoms with Gasteiger partial charge in [0.2, 0.25) is 5.91 Å². The number of benzene rings is 1. The number of carbonyl (C=O) groups is 3. The summed E-state index contributed by atoms with van der Waals surface area (Å²) in [6.45, 7) is 0.318. The second-order valence-corrected chi connectivity index (χ2v) is 5.28. The maximum Gasteiger partial charge on any atom is 0.286 e. The first-order chi connectivity index (χ1) is 11.6. The highest BCUT2D eigenvalue weighted by Crippen LogP contribution is 2.09. The molecule has 1 aromatic heterocycles. The molecule has 0 saturated carbocycles. The lowest BCUT2D eigenvalue weighted by Crippen LogP contribution is -2.41. The average Bonchev–Trinajstić information content (AvgIpc) is 3.11. The molecular formula is C16H16ClN3O4. The Morgan fingerprint density at radius 1 is 1.00 bits per heavy atom. The van der Waals surface area contributed by atoms with Gasteiger partial charge in [-0.2, -0.15) is 0 Å². The Bertz CT molecular complexity index is 699. The van der Waals surface area contributed by atoms with Crippen LogP contribution in [0.1, 0.15) is 33.8 Å². The second-order valence-electron chi connectivity index (χ2n) is 4.85. The SMILES string of the molecule is O=C(CCCNC(=O)c1ccco1)NNC(=O)c1ccc(Cl)cc1. The van der Waals surface area contributed by atoms with Gasteiger partial charge in [0.1, 0.15) is 0 Å². The molecule has 1 aromatic carbocycles. The van der Waals surface area contributed by atoms with Gasteiger partial charge < -0.3 is 9.73 Å². The molecular weight excluding hydrogens is 334 g/mol. The third kappa shape index (κ3) is 5.44. The summed E-state index contributed by atoms with van der Waals surface area (Å²) in [4.78, 5) is 35.0. The minimum absolute atomic E-state index is 0.152. The largest absolute Gasteiger partial charge is 0.459 e. The van der Waals surface area contributed by atoms with E-state index in [4.69, 9.17) is 16.0 Å². The van der Waals surface area contributed by atoms with Crippen molar-refractivity contribution >= 4 is 29.3 Å². The van der Waals surface area contributed by atoms with E-state index in [-0.39, 0.29) is 24.0 Å². The van der Waals surface area contributed by atoms with E-state index in [1.54, 1.807) is 36.4 Å². The molecule has 3 N–H and O–H groups in total. The monoisotopic (exact) mass is 349 g/mol. The van der Waals surface area contributed by atoms with Gasteiger partial charge in [0.15, 0.2) is 5.76 Å². The quantitative estimate of drug-likeness (QED) is 0.547. The molecule has 0 saturated heterocycles. The van der Waals surface area contributed by atoms with Crippen molar-refractivity contribution in [3.05, 3.63) is 59.0 Å². The Morgan fingerprint density at radius 3 is 2.42 bits per heavy atom. The van der Waals surface area contributed by atoms with Gasteiger partial charge in [0.05, 0.1) is 6.26 Å². The number of nitrogens with one attached hydrogen (secondary N) is 3. The van der Waals surface area contributed by atoms with E-state index in [0.29, 0.717) is 23.6 Å². The van der Waals surface area contributed by atoms with E-state index in [9.17, 15) is 14.4 Å². The van der Waals surface area contributed by atoms with E-state index in [2.05, 4.69) is 16.2 Å². The number of furan rings is 1. The van der Waals surface area contributed by atoms with Crippen LogP contribution in [-0.2, 0) is 4.79 Å². The van der Waals surface area contributed by atoms with Gasteiger partial charge in [-0.25, -0.2) is 0 Å². The zero-order chi connectivity index (χ0) is 17.4. The molecule has 2 aromatic rings. The molecule has 7 nitrogen and oxygen atoms in total. The fourth-order valence-corrected chi connectivity index (χ4v) is 1.93. The molecule has 8 heteroatoms. The minimum atomic E-state index is -0.439. The van der Waals surface area contributed by atoms with Crippen molar-refractivity contribution in [1.29, 1.82) is 0 Å². The van der Waals surface area contributed by atoms with Gasteiger partial charge in [-0.15, -0.1) is 0 Å². The Hall–Kier alpha value is -2.80. The number of carbonyl (C=O) groups excluding carboxylic acids is 3. The predicted molar refractivity (Wildman–Crippen MR) is 87.3 cm³/mol. The van der Waals surface area contributed by atoms with E-state index >= 15 is 0 Å². The van der Waals surface area contributed by atoms with Crippen molar-refractivity contribution in [1.82, 2.24) is 16.2 Å². The molecule has 0 aliphatic heterocycles. The third-order valence-electron chi connectivity index (χ3n) is 3.03. The van der Waals surface area contributed by atoms with Crippen molar-refractivity contribution in [2.75, 3.05) is 6.54 Å². The standard InChI is InChI=1S/C16H16ClN3O4/c17-12-7-5-11(6-8-12)15(22)20-19-14(21)4-1-9-18-16(23)13-3-2-10-24-13/h2-3,5-8,10H,1,4,9H2,(H,18,23)(H,19,21)(H,20,22). The van der Waals surface area contributed by atoms with E-state index < -0.39 is 5.91 Å². The normalized spacial score (nSPS) is 10.0. The van der Waals surface area contributed by atoms with Gasteiger partial charge >= 0.3 is 0 Å². The molecule has 0 aliphatic rings. The van der Waals surface area contributed by atoms with Crippen molar-refractivity contribution in [3.8, 4) is 0 Å². The van der Waals surface area contributed by atoms with Crippen molar-refractivity contribution in [3.63, 3.8) is 0 Å². The van der Waals surface area contributed by atoms with Crippen molar-refractivity contribution < 1.29 is 18.8 Å². The second kappa shape index (κ2) is 8.73. The van der Waals surface area contributed by atoms with Gasteiger partial charge in [-0.3, -0.25) is 25.2 Å². The lowest BCUT2D eigenvalue weighted by atomic mass is 10.2. The molecule has 2 rings (SSSR count). The number of hydrazine groups is 1. The first-order valence-corrected chi connectivity index (χ1v) is 7.60. The van der Waals surface area contributed by atoms with E-state index in [0.717, 1.165) is 0 Å². The fourth-order valence-electron chi connectivity index (χ4n) is 1.81. The topological polar surface area (TPSA) is 100 Å². The van der Waals surface area contributed by atoms with E-state index in [1.165, 1.54) is 6.26 Å². The minimum Gasteiger partial charge on any atom is -0.459 e. The lowest BCUT2D eigenvalue weighted by Gasteiger charge is -2.07. The van der Waals surface area contributed by atoms with Crippen LogP contribution in [-0.4, -0.2) is 24.3 Å². The Labute approximate surface area is 143 Å². The smallest absolute Gasteiger partial charge is 0.286 e. The summed E-state index contributed by atoms with van der Waals surface area (Å²) in [5.74, 6) is -0.915. The average molecular weight is 350 g/mol. The van der Waals surface area contributed by atoms with Crippen LogP contribution in [0, 0.1) is 0 Å². The van der Waals surface area contributed by atoms with Crippen LogP contribution in [0.4, 0.5) is 0 Å². The highest BCUT2D eigenvalue weighted by atomic mass is 35.5. The summed E-state index contributed by atoms with van der Waals surface area (Å²) in [5.41, 5.74) is 4.99. The molecule has 0 radical (unpaired) electrons. The van der Waals surface area contributed by atoms with Crippen LogP contribution in [0.3, 0.4) is 0 Å². The van der Waals surface area contributed by atoms with Crippen LogP contribution in [0.5, 0.6) is 0 Å². The predicted octanol–water partition coefficient (Wildman–Crippen LogP) is 1.90.